The van der Waals surface area contributed by atoms with Gasteiger partial charge in [0.25, 0.3) is 0 Å². The van der Waals surface area contributed by atoms with Crippen LogP contribution in [0.2, 0.25) is 0 Å². The number of methoxy groups -OCH3 is 1. The summed E-state index contributed by atoms with van der Waals surface area (Å²) in [4.78, 5) is 11.7. The number of nitrogens with one attached hydrogen (secondary N) is 2. The van der Waals surface area contributed by atoms with Gasteiger partial charge < -0.3 is 20.5 Å². The third kappa shape index (κ3) is 6.35. The zero-order valence-corrected chi connectivity index (χ0v) is 14.0. The minimum atomic E-state index is -0.171. The lowest BCUT2D eigenvalue weighted by Gasteiger charge is -2.21. The maximum atomic E-state index is 11.7. The lowest BCUT2D eigenvalue weighted by Crippen LogP contribution is -2.36. The van der Waals surface area contributed by atoms with Crippen molar-refractivity contribution in [3.05, 3.63) is 29.3 Å². The van der Waals surface area contributed by atoms with Gasteiger partial charge in [0.05, 0.1) is 7.11 Å². The molecule has 1 rings (SSSR count). The van der Waals surface area contributed by atoms with Gasteiger partial charge >= 0.3 is 6.03 Å². The molecule has 0 spiro atoms. The van der Waals surface area contributed by atoms with Gasteiger partial charge in [-0.05, 0) is 42.4 Å². The second-order valence-corrected chi connectivity index (χ2v) is 6.34. The maximum Gasteiger partial charge on any atom is 0.315 e. The Hall–Kier alpha value is -1.75. The number of hydrogen-bond acceptors (Lipinski definition) is 3. The third-order valence-corrected chi connectivity index (χ3v) is 3.66. The zero-order chi connectivity index (χ0) is 16.6. The second kappa shape index (κ2) is 8.63. The van der Waals surface area contributed by atoms with Crippen molar-refractivity contribution in [2.45, 2.75) is 40.2 Å². The number of benzene rings is 1. The molecule has 2 amide bonds. The van der Waals surface area contributed by atoms with E-state index in [0.29, 0.717) is 13.1 Å². The van der Waals surface area contributed by atoms with Gasteiger partial charge in [-0.25, -0.2) is 4.79 Å². The van der Waals surface area contributed by atoms with Gasteiger partial charge in [-0.2, -0.15) is 0 Å². The van der Waals surface area contributed by atoms with Crippen molar-refractivity contribution in [3.63, 3.8) is 0 Å². The molecule has 0 radical (unpaired) electrons. The summed E-state index contributed by atoms with van der Waals surface area (Å²) in [5.74, 6) is 0.847. The van der Waals surface area contributed by atoms with Gasteiger partial charge in [0.15, 0.2) is 0 Å². The molecule has 0 aliphatic heterocycles. The summed E-state index contributed by atoms with van der Waals surface area (Å²) in [7, 11) is 1.64. The Balaban J connectivity index is 2.27. The molecular weight excluding hydrogens is 280 g/mol. The Morgan fingerprint density at radius 2 is 2.05 bits per heavy atom. The van der Waals surface area contributed by atoms with Gasteiger partial charge in [-0.3, -0.25) is 0 Å². The van der Waals surface area contributed by atoms with Crippen LogP contribution in [-0.2, 0) is 6.54 Å². The summed E-state index contributed by atoms with van der Waals surface area (Å²) in [5.41, 5.74) is 2.00. The first-order valence-electron chi connectivity index (χ1n) is 7.64. The highest BCUT2D eigenvalue weighted by atomic mass is 16.5. The van der Waals surface area contributed by atoms with E-state index >= 15 is 0 Å². The Kier molecular flexibility index (Phi) is 7.18. The molecule has 1 aromatic rings. The summed E-state index contributed by atoms with van der Waals surface area (Å²) in [6, 6.07) is 5.68. The van der Waals surface area contributed by atoms with Crippen LogP contribution in [0.5, 0.6) is 5.75 Å². The SMILES string of the molecule is COc1ccc(CNC(=O)NCCCC(C)(C)CO)cc1C. The molecule has 0 unspecified atom stereocenters. The molecule has 0 atom stereocenters. The van der Waals surface area contributed by atoms with Crippen molar-refractivity contribution >= 4 is 6.03 Å². The minimum absolute atomic E-state index is 0.0845. The van der Waals surface area contributed by atoms with E-state index in [4.69, 9.17) is 9.84 Å². The minimum Gasteiger partial charge on any atom is -0.496 e. The van der Waals surface area contributed by atoms with Crippen LogP contribution in [0, 0.1) is 12.3 Å². The van der Waals surface area contributed by atoms with Gasteiger partial charge in [-0.1, -0.05) is 26.0 Å². The van der Waals surface area contributed by atoms with Gasteiger partial charge in [0.2, 0.25) is 0 Å². The largest absolute Gasteiger partial charge is 0.496 e. The molecule has 0 bridgehead atoms. The highest BCUT2D eigenvalue weighted by Crippen LogP contribution is 2.20. The van der Waals surface area contributed by atoms with Crippen molar-refractivity contribution in [2.24, 2.45) is 5.41 Å². The molecular formula is C17H28N2O3. The molecule has 22 heavy (non-hydrogen) atoms. The number of carbonyl (C=O) groups is 1. The predicted octanol–water partition coefficient (Wildman–Crippen LogP) is 2.60. The van der Waals surface area contributed by atoms with Gasteiger partial charge in [0, 0.05) is 19.7 Å². The fourth-order valence-electron chi connectivity index (χ4n) is 2.14. The summed E-state index contributed by atoms with van der Waals surface area (Å²) in [5, 5.41) is 14.8. The Labute approximate surface area is 133 Å². The van der Waals surface area contributed by atoms with E-state index in [1.54, 1.807) is 7.11 Å². The summed E-state index contributed by atoms with van der Waals surface area (Å²) in [6.07, 6.45) is 1.73. The molecule has 0 fully saturated rings. The molecule has 0 heterocycles. The van der Waals surface area contributed by atoms with Gasteiger partial charge in [-0.15, -0.1) is 0 Å². The highest BCUT2D eigenvalue weighted by Gasteiger charge is 2.15. The number of rotatable bonds is 8. The number of aryl methyl sites for hydroxylation is 1. The second-order valence-electron chi connectivity index (χ2n) is 6.34. The summed E-state index contributed by atoms with van der Waals surface area (Å²) < 4.78 is 5.21. The molecule has 3 N–H and O–H groups in total. The molecule has 5 nitrogen and oxygen atoms in total. The zero-order valence-electron chi connectivity index (χ0n) is 14.0. The molecule has 0 aliphatic carbocycles. The molecule has 0 saturated carbocycles. The highest BCUT2D eigenvalue weighted by molar-refractivity contribution is 5.73. The smallest absolute Gasteiger partial charge is 0.315 e. The lowest BCUT2D eigenvalue weighted by molar-refractivity contribution is 0.148. The van der Waals surface area contributed by atoms with E-state index < -0.39 is 0 Å². The van der Waals surface area contributed by atoms with Crippen LogP contribution in [0.1, 0.15) is 37.8 Å². The monoisotopic (exact) mass is 308 g/mol. The normalized spacial score (nSPS) is 11.1. The van der Waals surface area contributed by atoms with Crippen LogP contribution < -0.4 is 15.4 Å². The topological polar surface area (TPSA) is 70.6 Å². The van der Waals surface area contributed by atoms with Crippen LogP contribution in [-0.4, -0.2) is 31.4 Å². The van der Waals surface area contributed by atoms with Crippen molar-refractivity contribution in [1.29, 1.82) is 0 Å². The molecule has 5 heteroatoms. The first kappa shape index (κ1) is 18.3. The Bertz CT molecular complexity index is 487. The summed E-state index contributed by atoms with van der Waals surface area (Å²) >= 11 is 0. The molecule has 124 valence electrons. The molecule has 0 aliphatic rings. The number of ether oxygens (including phenoxy) is 1. The van der Waals surface area contributed by atoms with Crippen LogP contribution in [0.3, 0.4) is 0 Å². The fraction of sp³-hybridized carbons (Fsp3) is 0.588. The lowest BCUT2D eigenvalue weighted by atomic mass is 9.89. The van der Waals surface area contributed by atoms with Crippen molar-refractivity contribution < 1.29 is 14.6 Å². The fourth-order valence-corrected chi connectivity index (χ4v) is 2.14. The van der Waals surface area contributed by atoms with Crippen molar-refractivity contribution in [1.82, 2.24) is 10.6 Å². The predicted molar refractivity (Wildman–Crippen MR) is 88.1 cm³/mol. The number of amides is 2. The average Bonchev–Trinajstić information content (AvgIpc) is 2.49. The van der Waals surface area contributed by atoms with E-state index in [9.17, 15) is 4.79 Å². The van der Waals surface area contributed by atoms with Gasteiger partial charge in [0.1, 0.15) is 5.75 Å². The first-order chi connectivity index (χ1) is 10.4. The third-order valence-electron chi connectivity index (χ3n) is 3.66. The molecule has 0 saturated heterocycles. The quantitative estimate of drug-likeness (QED) is 0.647. The van der Waals surface area contributed by atoms with E-state index in [0.717, 1.165) is 29.7 Å². The number of aliphatic hydroxyl groups is 1. The van der Waals surface area contributed by atoms with Crippen LogP contribution in [0.15, 0.2) is 18.2 Å². The van der Waals surface area contributed by atoms with E-state index in [1.807, 2.05) is 39.0 Å². The summed E-state index contributed by atoms with van der Waals surface area (Å²) in [6.45, 7) is 7.26. The number of hydrogen-bond donors (Lipinski definition) is 3. The van der Waals surface area contributed by atoms with Crippen LogP contribution >= 0.6 is 0 Å². The number of urea groups is 1. The maximum absolute atomic E-state index is 11.7. The number of carbonyl (C=O) groups excluding carboxylic acids is 1. The Morgan fingerprint density at radius 1 is 1.32 bits per heavy atom. The van der Waals surface area contributed by atoms with E-state index in [-0.39, 0.29) is 18.1 Å². The van der Waals surface area contributed by atoms with Crippen LogP contribution in [0.4, 0.5) is 4.79 Å². The van der Waals surface area contributed by atoms with Crippen molar-refractivity contribution in [2.75, 3.05) is 20.3 Å². The number of aliphatic hydroxyl groups excluding tert-OH is 1. The standard InChI is InChI=1S/C17H28N2O3/c1-13-10-14(6-7-15(13)22-4)11-19-16(21)18-9-5-8-17(2,3)12-20/h6-7,10,20H,5,8-9,11-12H2,1-4H3,(H2,18,19,21). The van der Waals surface area contributed by atoms with Crippen molar-refractivity contribution in [3.8, 4) is 5.75 Å². The van der Waals surface area contributed by atoms with Crippen LogP contribution in [0.25, 0.3) is 0 Å². The average molecular weight is 308 g/mol. The van der Waals surface area contributed by atoms with E-state index in [2.05, 4.69) is 10.6 Å². The first-order valence-corrected chi connectivity index (χ1v) is 7.64. The molecule has 1 aromatic carbocycles. The molecule has 0 aromatic heterocycles. The van der Waals surface area contributed by atoms with E-state index in [1.165, 1.54) is 0 Å². The Morgan fingerprint density at radius 3 is 2.64 bits per heavy atom.